The molecule has 3 saturated carbocycles. The molecule has 0 aromatic carbocycles. The SMILES string of the molecule is C1OC1C1CO1.C=CC1(C)CC1.C=CCOCC1CC1.CCO[Si](C)(OCC)C1CC1.C[Si](C)(C1CO1)C1CO1. The average molecular weight is 599 g/mol. The minimum atomic E-state index is -1.72. The molecule has 0 N–H and O–H groups in total. The molecule has 7 rings (SSSR count). The Hall–Kier alpha value is -0.366. The van der Waals surface area contributed by atoms with Gasteiger partial charge >= 0.3 is 8.56 Å². The third-order valence-corrected chi connectivity index (χ3v) is 16.2. The van der Waals surface area contributed by atoms with Gasteiger partial charge in [-0.25, -0.2) is 0 Å². The molecule has 4 unspecified atom stereocenters. The van der Waals surface area contributed by atoms with E-state index in [1.54, 1.807) is 6.08 Å². The van der Waals surface area contributed by atoms with Gasteiger partial charge in [0.05, 0.1) is 44.5 Å². The highest BCUT2D eigenvalue weighted by atomic mass is 28.4. The lowest BCUT2D eigenvalue weighted by Gasteiger charge is -2.25. The summed E-state index contributed by atoms with van der Waals surface area (Å²) in [6, 6.07) is 0. The molecule has 0 amide bonds. The van der Waals surface area contributed by atoms with E-state index in [9.17, 15) is 0 Å². The van der Waals surface area contributed by atoms with Crippen LogP contribution in [0.1, 0.15) is 59.3 Å². The van der Waals surface area contributed by atoms with Gasteiger partial charge in [0.2, 0.25) is 0 Å². The van der Waals surface area contributed by atoms with Crippen LogP contribution in [0.2, 0.25) is 25.2 Å². The second-order valence-electron chi connectivity index (χ2n) is 13.0. The molecule has 9 heteroatoms. The van der Waals surface area contributed by atoms with Crippen molar-refractivity contribution in [2.45, 2.75) is 108 Å². The lowest BCUT2D eigenvalue weighted by molar-refractivity contribution is 0.151. The van der Waals surface area contributed by atoms with Crippen LogP contribution in [0, 0.1) is 11.3 Å². The topological polar surface area (TPSA) is 77.8 Å². The van der Waals surface area contributed by atoms with Crippen molar-refractivity contribution in [1.82, 2.24) is 0 Å². The van der Waals surface area contributed by atoms with Crippen molar-refractivity contribution in [2.75, 3.05) is 52.9 Å². The van der Waals surface area contributed by atoms with Crippen molar-refractivity contribution < 1.29 is 32.5 Å². The predicted octanol–water partition coefficient (Wildman–Crippen LogP) is 6.22. The smallest absolute Gasteiger partial charge is 0.338 e. The van der Waals surface area contributed by atoms with E-state index in [1.807, 2.05) is 19.9 Å². The van der Waals surface area contributed by atoms with Gasteiger partial charge in [0, 0.05) is 25.4 Å². The zero-order valence-electron chi connectivity index (χ0n) is 26.3. The van der Waals surface area contributed by atoms with Crippen LogP contribution in [0.4, 0.5) is 0 Å². The van der Waals surface area contributed by atoms with Crippen LogP contribution in [0.25, 0.3) is 0 Å². The van der Waals surface area contributed by atoms with Gasteiger partial charge < -0.3 is 32.5 Å². The molecule has 40 heavy (non-hydrogen) atoms. The predicted molar refractivity (Wildman–Crippen MR) is 166 cm³/mol. The zero-order chi connectivity index (χ0) is 29.2. The molecule has 4 atom stereocenters. The molecule has 7 nitrogen and oxygen atoms in total. The fourth-order valence-electron chi connectivity index (χ4n) is 4.17. The highest BCUT2D eigenvalue weighted by Gasteiger charge is 2.52. The Morgan fingerprint density at radius 2 is 1.27 bits per heavy atom. The van der Waals surface area contributed by atoms with E-state index < -0.39 is 16.6 Å². The molecule has 4 heterocycles. The third-order valence-electron chi connectivity index (χ3n) is 8.46. The van der Waals surface area contributed by atoms with Crippen LogP contribution < -0.4 is 0 Å². The van der Waals surface area contributed by atoms with Gasteiger partial charge in [0.15, 0.2) is 0 Å². The molecule has 0 bridgehead atoms. The number of epoxide rings is 4. The first-order valence-corrected chi connectivity index (χ1v) is 21.2. The van der Waals surface area contributed by atoms with E-state index in [2.05, 4.69) is 39.7 Å². The normalized spacial score (nSPS) is 29.8. The number of hydrogen-bond acceptors (Lipinski definition) is 7. The zero-order valence-corrected chi connectivity index (χ0v) is 28.3. The Morgan fingerprint density at radius 1 is 0.800 bits per heavy atom. The first kappa shape index (κ1) is 34.1. The Kier molecular flexibility index (Phi) is 13.6. The lowest BCUT2D eigenvalue weighted by Crippen LogP contribution is -2.40. The summed E-state index contributed by atoms with van der Waals surface area (Å²) in [4.78, 5) is 0. The van der Waals surface area contributed by atoms with Crippen molar-refractivity contribution in [1.29, 1.82) is 0 Å². The number of ether oxygens (including phenoxy) is 5. The van der Waals surface area contributed by atoms with E-state index >= 15 is 0 Å². The number of allylic oxidation sites excluding steroid dienone is 1. The molecular weight excluding hydrogens is 541 g/mol. The van der Waals surface area contributed by atoms with Crippen molar-refractivity contribution in [3.05, 3.63) is 25.3 Å². The molecule has 0 spiro atoms. The van der Waals surface area contributed by atoms with Crippen LogP contribution in [0.3, 0.4) is 0 Å². The van der Waals surface area contributed by atoms with E-state index in [1.165, 1.54) is 38.5 Å². The highest BCUT2D eigenvalue weighted by Crippen LogP contribution is 2.46. The molecular formula is C31H58O7Si2. The second kappa shape index (κ2) is 15.9. The Bertz CT molecular complexity index is 721. The highest BCUT2D eigenvalue weighted by molar-refractivity contribution is 6.81. The minimum absolute atomic E-state index is 0.491. The lowest BCUT2D eigenvalue weighted by atomic mass is 10.1. The first-order chi connectivity index (χ1) is 19.1. The van der Waals surface area contributed by atoms with Crippen LogP contribution in [0.15, 0.2) is 25.3 Å². The summed E-state index contributed by atoms with van der Waals surface area (Å²) in [6.45, 7) is 27.6. The Balaban J connectivity index is 0.000000140. The monoisotopic (exact) mass is 598 g/mol. The van der Waals surface area contributed by atoms with Crippen LogP contribution in [-0.4, -0.2) is 93.2 Å². The fraction of sp³-hybridized carbons (Fsp3) is 0.871. The minimum Gasteiger partial charge on any atom is -0.394 e. The maximum atomic E-state index is 5.71. The van der Waals surface area contributed by atoms with Gasteiger partial charge in [-0.1, -0.05) is 32.2 Å². The summed E-state index contributed by atoms with van der Waals surface area (Å²) in [7, 11) is -2.80. The molecule has 0 aromatic rings. The third kappa shape index (κ3) is 13.7. The number of hydrogen-bond donors (Lipinski definition) is 0. The van der Waals surface area contributed by atoms with Crippen molar-refractivity contribution in [2.24, 2.45) is 11.3 Å². The van der Waals surface area contributed by atoms with E-state index in [-0.39, 0.29) is 0 Å². The van der Waals surface area contributed by atoms with Crippen molar-refractivity contribution >= 4 is 16.6 Å². The quantitative estimate of drug-likeness (QED) is 0.108. The molecule has 4 saturated heterocycles. The Labute approximate surface area is 246 Å². The van der Waals surface area contributed by atoms with Crippen molar-refractivity contribution in [3.63, 3.8) is 0 Å². The van der Waals surface area contributed by atoms with Gasteiger partial charge in [0.25, 0.3) is 0 Å². The fourth-order valence-corrected chi connectivity index (χ4v) is 9.41. The maximum absolute atomic E-state index is 5.71. The molecule has 4 aliphatic heterocycles. The summed E-state index contributed by atoms with van der Waals surface area (Å²) in [5, 5.41) is 0. The largest absolute Gasteiger partial charge is 0.394 e. The van der Waals surface area contributed by atoms with Crippen LogP contribution in [-0.2, 0) is 32.5 Å². The summed E-state index contributed by atoms with van der Waals surface area (Å²) in [6.07, 6.45) is 12.9. The average Bonchev–Trinajstić information content (AvgIpc) is 3.78. The molecule has 3 aliphatic carbocycles. The van der Waals surface area contributed by atoms with Gasteiger partial charge in [0.1, 0.15) is 20.3 Å². The summed E-state index contributed by atoms with van der Waals surface area (Å²) >= 11 is 0. The molecule has 0 aromatic heterocycles. The van der Waals surface area contributed by atoms with Gasteiger partial charge in [-0.15, -0.1) is 13.2 Å². The maximum Gasteiger partial charge on any atom is 0.338 e. The van der Waals surface area contributed by atoms with E-state index in [4.69, 9.17) is 32.5 Å². The van der Waals surface area contributed by atoms with Gasteiger partial charge in [-0.05, 0) is 70.3 Å². The summed E-state index contributed by atoms with van der Waals surface area (Å²) in [5.41, 5.74) is 2.57. The number of rotatable bonds is 13. The standard InChI is InChI=1S/C8H18O2Si.C7H12O.C6H12O2Si.C6H10.C4H6O2/c1-4-9-11(3,10-5-2)8-6-7-8;1-2-5-8-6-7-3-4-7;1-9(2,5-3-7-5)6-4-8-6;1-3-6(2)4-5-6;1-3(5-1)4-2-6-4/h8H,4-7H2,1-3H3;2,7H,1,3-6H2;5-6H,3-4H2,1-2H3;3H,1,4-5H2,2H3;3-4H,1-2H2. The molecule has 232 valence electrons. The van der Waals surface area contributed by atoms with Gasteiger partial charge in [-0.3, -0.25) is 0 Å². The Morgan fingerprint density at radius 3 is 1.52 bits per heavy atom. The van der Waals surface area contributed by atoms with Crippen LogP contribution >= 0.6 is 0 Å². The molecule has 7 aliphatic rings. The molecule has 7 fully saturated rings. The van der Waals surface area contributed by atoms with E-state index in [0.717, 1.165) is 64.3 Å². The summed E-state index contributed by atoms with van der Waals surface area (Å²) < 4.78 is 36.9. The first-order valence-electron chi connectivity index (χ1n) is 15.7. The summed E-state index contributed by atoms with van der Waals surface area (Å²) in [5.74, 6) is 0.884. The van der Waals surface area contributed by atoms with Crippen LogP contribution in [0.5, 0.6) is 0 Å². The van der Waals surface area contributed by atoms with E-state index in [0.29, 0.717) is 29.1 Å². The van der Waals surface area contributed by atoms with Gasteiger partial charge in [-0.2, -0.15) is 0 Å². The molecule has 0 radical (unpaired) electrons. The second-order valence-corrected chi connectivity index (χ2v) is 21.3. The van der Waals surface area contributed by atoms with Crippen molar-refractivity contribution in [3.8, 4) is 0 Å².